The highest BCUT2D eigenvalue weighted by Gasteiger charge is 2.17. The molecular weight excluding hydrogens is 378 g/mol. The van der Waals surface area contributed by atoms with Crippen molar-refractivity contribution in [2.45, 2.75) is 30.7 Å². The van der Waals surface area contributed by atoms with E-state index in [1.54, 1.807) is 24.3 Å². The number of amides is 1. The number of rotatable bonds is 10. The van der Waals surface area contributed by atoms with E-state index in [2.05, 4.69) is 15.3 Å². The molecule has 142 valence electrons. The summed E-state index contributed by atoms with van der Waals surface area (Å²) in [5.74, 6) is -1.05. The maximum atomic E-state index is 11.8. The van der Waals surface area contributed by atoms with Crippen LogP contribution in [0.3, 0.4) is 0 Å². The third-order valence-electron chi connectivity index (χ3n) is 3.53. The number of nitrogens with two attached hydrogens (primary N) is 1. The van der Waals surface area contributed by atoms with E-state index in [9.17, 15) is 9.59 Å². The van der Waals surface area contributed by atoms with Crippen LogP contribution in [-0.4, -0.2) is 41.3 Å². The molecule has 9 nitrogen and oxygen atoms in total. The fourth-order valence-corrected chi connectivity index (χ4v) is 3.26. The molecule has 0 spiro atoms. The number of carboxylic acid groups (broad SMARTS) is 1. The van der Waals surface area contributed by atoms with Gasteiger partial charge >= 0.3 is 12.1 Å². The molecule has 0 aromatic heterocycles. The van der Waals surface area contributed by atoms with Gasteiger partial charge in [-0.25, -0.2) is 4.79 Å². The zero-order chi connectivity index (χ0) is 19.5. The summed E-state index contributed by atoms with van der Waals surface area (Å²) in [6.07, 6.45) is 2.07. The average molecular weight is 399 g/mol. The molecule has 11 heteroatoms. The van der Waals surface area contributed by atoms with E-state index in [-0.39, 0.29) is 11.9 Å². The second-order valence-corrected chi connectivity index (χ2v) is 8.70. The molecule has 3 atom stereocenters. The van der Waals surface area contributed by atoms with E-state index in [0.717, 1.165) is 5.56 Å². The summed E-state index contributed by atoms with van der Waals surface area (Å²) >= 11 is 5.26. The molecule has 0 aliphatic carbocycles. The number of alkyl carbamates (subject to hydrolysis) is 1. The van der Waals surface area contributed by atoms with E-state index < -0.39 is 27.6 Å². The van der Waals surface area contributed by atoms with Gasteiger partial charge in [0.1, 0.15) is 12.6 Å². The Morgan fingerprint density at radius 1 is 1.42 bits per heavy atom. The topological polar surface area (TPSA) is 150 Å². The van der Waals surface area contributed by atoms with Crippen LogP contribution in [-0.2, 0) is 36.8 Å². The smallest absolute Gasteiger partial charge is 0.407 e. The molecule has 0 aliphatic rings. The Bertz CT molecular complexity index is 692. The summed E-state index contributed by atoms with van der Waals surface area (Å²) in [6.45, 7) is 0.368. The van der Waals surface area contributed by atoms with Gasteiger partial charge in [-0.1, -0.05) is 40.6 Å². The van der Waals surface area contributed by atoms with Gasteiger partial charge < -0.3 is 20.9 Å². The van der Waals surface area contributed by atoms with Crippen LogP contribution in [0.1, 0.15) is 18.4 Å². The van der Waals surface area contributed by atoms with E-state index in [0.29, 0.717) is 25.1 Å². The van der Waals surface area contributed by atoms with Gasteiger partial charge in [-0.05, 0) is 30.2 Å². The molecule has 0 radical (unpaired) electrons. The molecule has 0 bridgehead atoms. The van der Waals surface area contributed by atoms with Crippen molar-refractivity contribution >= 4 is 38.4 Å². The van der Waals surface area contributed by atoms with Crippen LogP contribution in [0.25, 0.3) is 10.4 Å². The Kier molecular flexibility index (Phi) is 9.60. The van der Waals surface area contributed by atoms with Crippen molar-refractivity contribution in [3.05, 3.63) is 40.3 Å². The third-order valence-corrected chi connectivity index (χ3v) is 5.68. The van der Waals surface area contributed by atoms with E-state index in [1.165, 1.54) is 0 Å². The minimum atomic E-state index is -1.05. The molecule has 26 heavy (non-hydrogen) atoms. The Morgan fingerprint density at radius 3 is 2.62 bits per heavy atom. The largest absolute Gasteiger partial charge is 0.480 e. The minimum Gasteiger partial charge on any atom is -0.480 e. The van der Waals surface area contributed by atoms with E-state index in [4.69, 9.17) is 32.3 Å². The van der Waals surface area contributed by atoms with Crippen molar-refractivity contribution in [2.24, 2.45) is 10.8 Å². The minimum absolute atomic E-state index is 0.0499. The lowest BCUT2D eigenvalue weighted by Crippen LogP contribution is -2.37. The van der Waals surface area contributed by atoms with Crippen molar-refractivity contribution in [3.8, 4) is 0 Å². The van der Waals surface area contributed by atoms with Gasteiger partial charge in [-0.15, -0.1) is 9.45 Å². The quantitative estimate of drug-likeness (QED) is 0.311. The summed E-state index contributed by atoms with van der Waals surface area (Å²) in [5, 5.41) is 14.9. The Labute approximate surface area is 158 Å². The summed E-state index contributed by atoms with van der Waals surface area (Å²) in [6, 6.07) is 5.70. The van der Waals surface area contributed by atoms with Gasteiger partial charge in [0.05, 0.1) is 0 Å². The molecule has 0 saturated heterocycles. The SMILES string of the molecule is CS(=S)[C@@H](CC[C@H](N)C(=O)O)CNC(=O)OCc1ccc(N=[N+]=[N-])cc1. The first-order valence-corrected chi connectivity index (χ1v) is 10.3. The van der Waals surface area contributed by atoms with Crippen LogP contribution in [0.4, 0.5) is 10.5 Å². The predicted octanol–water partition coefficient (Wildman–Crippen LogP) is 2.13. The van der Waals surface area contributed by atoms with Crippen molar-refractivity contribution in [1.82, 2.24) is 5.32 Å². The molecule has 1 aromatic carbocycles. The van der Waals surface area contributed by atoms with Crippen molar-refractivity contribution in [3.63, 3.8) is 0 Å². The van der Waals surface area contributed by atoms with Gasteiger partial charge in [0.2, 0.25) is 0 Å². The van der Waals surface area contributed by atoms with Crippen LogP contribution in [0, 0.1) is 0 Å². The number of hydrogen-bond acceptors (Lipinski definition) is 6. The molecule has 0 aliphatic heterocycles. The van der Waals surface area contributed by atoms with Gasteiger partial charge in [-0.2, -0.15) is 0 Å². The molecular formula is C15H21N5O4S2. The lowest BCUT2D eigenvalue weighted by molar-refractivity contribution is -0.138. The van der Waals surface area contributed by atoms with Gasteiger partial charge in [-0.3, -0.25) is 4.79 Å². The third kappa shape index (κ3) is 8.26. The van der Waals surface area contributed by atoms with Crippen molar-refractivity contribution < 1.29 is 19.4 Å². The van der Waals surface area contributed by atoms with Gasteiger partial charge in [0.15, 0.2) is 0 Å². The Hall–Kier alpha value is -2.20. The van der Waals surface area contributed by atoms with Crippen LogP contribution >= 0.6 is 0 Å². The molecule has 1 aromatic rings. The highest BCUT2D eigenvalue weighted by molar-refractivity contribution is 8.28. The molecule has 0 heterocycles. The van der Waals surface area contributed by atoms with Crippen LogP contribution in [0.15, 0.2) is 29.4 Å². The Morgan fingerprint density at radius 2 is 2.08 bits per heavy atom. The zero-order valence-corrected chi connectivity index (χ0v) is 15.8. The van der Waals surface area contributed by atoms with Crippen LogP contribution in [0.2, 0.25) is 0 Å². The average Bonchev–Trinajstić information content (AvgIpc) is 2.60. The second-order valence-electron chi connectivity index (χ2n) is 5.46. The lowest BCUT2D eigenvalue weighted by atomic mass is 10.1. The number of nitrogens with zero attached hydrogens (tertiary/aromatic N) is 3. The number of azide groups is 1. The number of aliphatic carboxylic acids is 1. The van der Waals surface area contributed by atoms with Crippen LogP contribution < -0.4 is 11.1 Å². The summed E-state index contributed by atoms with van der Waals surface area (Å²) < 4.78 is 5.12. The number of nitrogens with one attached hydrogen (secondary N) is 1. The van der Waals surface area contributed by atoms with E-state index in [1.807, 2.05) is 6.26 Å². The molecule has 0 saturated carbocycles. The van der Waals surface area contributed by atoms with Gasteiger partial charge in [0.25, 0.3) is 0 Å². The zero-order valence-electron chi connectivity index (χ0n) is 14.2. The first-order valence-electron chi connectivity index (χ1n) is 7.68. The highest BCUT2D eigenvalue weighted by Crippen LogP contribution is 2.13. The van der Waals surface area contributed by atoms with Crippen molar-refractivity contribution in [1.29, 1.82) is 0 Å². The monoisotopic (exact) mass is 399 g/mol. The molecule has 1 amide bonds. The Balaban J connectivity index is 2.41. The van der Waals surface area contributed by atoms with Crippen LogP contribution in [0.5, 0.6) is 0 Å². The number of hydrogen-bond donors (Lipinski definition) is 3. The molecule has 4 N–H and O–H groups in total. The van der Waals surface area contributed by atoms with E-state index >= 15 is 0 Å². The lowest BCUT2D eigenvalue weighted by Gasteiger charge is -2.18. The number of carboxylic acids is 1. The summed E-state index contributed by atoms with van der Waals surface area (Å²) in [4.78, 5) is 25.3. The fourth-order valence-electron chi connectivity index (χ4n) is 1.98. The fraction of sp³-hybridized carbons (Fsp3) is 0.467. The molecule has 0 fully saturated rings. The first-order chi connectivity index (χ1) is 12.3. The maximum absolute atomic E-state index is 11.8. The second kappa shape index (κ2) is 11.4. The predicted molar refractivity (Wildman–Crippen MR) is 103 cm³/mol. The van der Waals surface area contributed by atoms with Crippen molar-refractivity contribution in [2.75, 3.05) is 12.8 Å². The number of carbonyl (C=O) groups excluding carboxylic acids is 1. The molecule has 1 unspecified atom stereocenters. The highest BCUT2D eigenvalue weighted by atomic mass is 32.8. The number of ether oxygens (including phenoxy) is 1. The molecule has 1 rings (SSSR count). The normalized spacial score (nSPS) is 13.8. The number of carbonyl (C=O) groups is 2. The maximum Gasteiger partial charge on any atom is 0.407 e. The van der Waals surface area contributed by atoms with Gasteiger partial charge in [0, 0.05) is 22.4 Å². The summed E-state index contributed by atoms with van der Waals surface area (Å²) in [5.41, 5.74) is 15.1. The summed E-state index contributed by atoms with van der Waals surface area (Å²) in [7, 11) is -0.419. The first kappa shape index (κ1) is 21.8. The number of benzene rings is 1. The standard InChI is InChI=1S/C15H21N5O4S2/c1-26(25)12(6-7-13(16)14(21)22)8-18-15(23)24-9-10-2-4-11(5-3-10)19-20-17/h2-5,12-13H,6-9,16H2,1H3,(H,18,23)(H,21,22)/t12-,13-,26?/m0/s1.